The summed E-state index contributed by atoms with van der Waals surface area (Å²) in [5.74, 6) is 0.555. The summed E-state index contributed by atoms with van der Waals surface area (Å²) in [6.45, 7) is 6.85. The van der Waals surface area contributed by atoms with Crippen LogP contribution in [-0.2, 0) is 9.53 Å². The summed E-state index contributed by atoms with van der Waals surface area (Å²) >= 11 is 0. The minimum absolute atomic E-state index is 0.0255. The van der Waals surface area contributed by atoms with E-state index < -0.39 is 0 Å². The molecule has 18 heavy (non-hydrogen) atoms. The van der Waals surface area contributed by atoms with Crippen LogP contribution in [0.25, 0.3) is 0 Å². The number of hydrogen-bond acceptors (Lipinski definition) is 3. The number of carbonyl (C=O) groups excluding carboxylic acids is 1. The van der Waals surface area contributed by atoms with Gasteiger partial charge in [-0.3, -0.25) is 4.79 Å². The molecule has 3 nitrogen and oxygen atoms in total. The third kappa shape index (κ3) is 5.85. The van der Waals surface area contributed by atoms with Crippen LogP contribution >= 0.6 is 0 Å². The minimum Gasteiger partial charge on any atom is -0.465 e. The molecule has 3 heteroatoms. The van der Waals surface area contributed by atoms with Crippen LogP contribution in [0, 0.1) is 11.8 Å². The van der Waals surface area contributed by atoms with Gasteiger partial charge in [0.15, 0.2) is 0 Å². The van der Waals surface area contributed by atoms with Crippen molar-refractivity contribution < 1.29 is 9.53 Å². The van der Waals surface area contributed by atoms with Crippen LogP contribution in [-0.4, -0.2) is 25.7 Å². The van der Waals surface area contributed by atoms with Gasteiger partial charge in [-0.2, -0.15) is 0 Å². The Hall–Kier alpha value is -0.570. The molecule has 1 saturated heterocycles. The number of piperidine rings is 1. The molecule has 0 saturated carbocycles. The van der Waals surface area contributed by atoms with Crippen molar-refractivity contribution in [3.05, 3.63) is 0 Å². The van der Waals surface area contributed by atoms with Crippen molar-refractivity contribution in [3.63, 3.8) is 0 Å². The Kier molecular flexibility index (Phi) is 8.06. The standard InChI is InChI=1S/C15H29NO2/c1-3-4-5-6-7-8-11-18-15(17)14-9-10-16-12-13(14)2/h13-14,16H,3-12H2,1-2H3. The van der Waals surface area contributed by atoms with E-state index in [-0.39, 0.29) is 11.9 Å². The third-order valence-corrected chi connectivity index (χ3v) is 3.83. The van der Waals surface area contributed by atoms with E-state index in [1.54, 1.807) is 0 Å². The predicted octanol–water partition coefficient (Wildman–Crippen LogP) is 3.14. The van der Waals surface area contributed by atoms with Gasteiger partial charge in [-0.15, -0.1) is 0 Å². The highest BCUT2D eigenvalue weighted by Crippen LogP contribution is 2.20. The van der Waals surface area contributed by atoms with E-state index in [0.717, 1.165) is 25.9 Å². The van der Waals surface area contributed by atoms with Crippen LogP contribution < -0.4 is 5.32 Å². The van der Waals surface area contributed by atoms with Gasteiger partial charge in [-0.25, -0.2) is 0 Å². The molecule has 0 bridgehead atoms. The highest BCUT2D eigenvalue weighted by Gasteiger charge is 2.28. The van der Waals surface area contributed by atoms with E-state index in [1.165, 1.54) is 32.1 Å². The largest absolute Gasteiger partial charge is 0.465 e. The van der Waals surface area contributed by atoms with Gasteiger partial charge in [-0.05, 0) is 31.8 Å². The molecular formula is C15H29NO2. The topological polar surface area (TPSA) is 38.3 Å². The molecule has 2 atom stereocenters. The monoisotopic (exact) mass is 255 g/mol. The Morgan fingerprint density at radius 1 is 1.22 bits per heavy atom. The van der Waals surface area contributed by atoms with Gasteiger partial charge in [0.2, 0.25) is 0 Å². The normalized spacial score (nSPS) is 23.9. The Bertz CT molecular complexity index is 231. The number of rotatable bonds is 8. The van der Waals surface area contributed by atoms with Crippen molar-refractivity contribution in [2.75, 3.05) is 19.7 Å². The van der Waals surface area contributed by atoms with Gasteiger partial charge in [-0.1, -0.05) is 46.0 Å². The Balaban J connectivity index is 2.02. The fraction of sp³-hybridized carbons (Fsp3) is 0.933. The van der Waals surface area contributed by atoms with E-state index in [9.17, 15) is 4.79 Å². The van der Waals surface area contributed by atoms with Gasteiger partial charge in [0.25, 0.3) is 0 Å². The van der Waals surface area contributed by atoms with Crippen LogP contribution in [0.2, 0.25) is 0 Å². The average Bonchev–Trinajstić information content (AvgIpc) is 2.38. The van der Waals surface area contributed by atoms with Gasteiger partial charge >= 0.3 is 5.97 Å². The van der Waals surface area contributed by atoms with Crippen LogP contribution in [0.5, 0.6) is 0 Å². The summed E-state index contributed by atoms with van der Waals surface area (Å²) in [4.78, 5) is 11.9. The second kappa shape index (κ2) is 9.37. The first kappa shape index (κ1) is 15.5. The summed E-state index contributed by atoms with van der Waals surface area (Å²) < 4.78 is 5.39. The Labute approximate surface area is 112 Å². The molecule has 106 valence electrons. The molecule has 0 spiro atoms. The van der Waals surface area contributed by atoms with Gasteiger partial charge in [0.1, 0.15) is 0 Å². The SMILES string of the molecule is CCCCCCCCOC(=O)C1CCNCC1C. The molecule has 1 fully saturated rings. The van der Waals surface area contributed by atoms with Gasteiger partial charge < -0.3 is 10.1 Å². The summed E-state index contributed by atoms with van der Waals surface area (Å²) in [6, 6.07) is 0. The molecule has 0 aliphatic carbocycles. The van der Waals surface area contributed by atoms with E-state index in [2.05, 4.69) is 19.2 Å². The molecule has 0 aromatic rings. The Morgan fingerprint density at radius 3 is 2.67 bits per heavy atom. The fourth-order valence-corrected chi connectivity index (χ4v) is 2.53. The number of carbonyl (C=O) groups is 1. The lowest BCUT2D eigenvalue weighted by Crippen LogP contribution is -2.39. The maximum Gasteiger partial charge on any atom is 0.309 e. The maximum absolute atomic E-state index is 11.9. The van der Waals surface area contributed by atoms with E-state index in [0.29, 0.717) is 12.5 Å². The number of esters is 1. The zero-order chi connectivity index (χ0) is 13.2. The maximum atomic E-state index is 11.9. The molecule has 0 aromatic carbocycles. The van der Waals surface area contributed by atoms with Crippen molar-refractivity contribution in [2.45, 2.75) is 58.8 Å². The third-order valence-electron chi connectivity index (χ3n) is 3.83. The van der Waals surface area contributed by atoms with E-state index >= 15 is 0 Å². The molecule has 1 heterocycles. The molecular weight excluding hydrogens is 226 g/mol. The first-order valence-electron chi connectivity index (χ1n) is 7.63. The van der Waals surface area contributed by atoms with E-state index in [1.807, 2.05) is 0 Å². The zero-order valence-corrected chi connectivity index (χ0v) is 12.0. The lowest BCUT2D eigenvalue weighted by Gasteiger charge is -2.27. The lowest BCUT2D eigenvalue weighted by atomic mass is 9.88. The van der Waals surface area contributed by atoms with Crippen molar-refractivity contribution in [3.8, 4) is 0 Å². The minimum atomic E-state index is 0.0255. The molecule has 0 amide bonds. The molecule has 2 unspecified atom stereocenters. The quantitative estimate of drug-likeness (QED) is 0.535. The first-order valence-corrected chi connectivity index (χ1v) is 7.63. The summed E-state index contributed by atoms with van der Waals surface area (Å²) in [5.41, 5.74) is 0. The van der Waals surface area contributed by atoms with Crippen LogP contribution in [0.1, 0.15) is 58.8 Å². The number of unbranched alkanes of at least 4 members (excludes halogenated alkanes) is 5. The van der Waals surface area contributed by atoms with Crippen molar-refractivity contribution >= 4 is 5.97 Å². The highest BCUT2D eigenvalue weighted by molar-refractivity contribution is 5.72. The number of hydrogen-bond donors (Lipinski definition) is 1. The van der Waals surface area contributed by atoms with Gasteiger partial charge in [0.05, 0.1) is 12.5 Å². The van der Waals surface area contributed by atoms with Gasteiger partial charge in [0, 0.05) is 0 Å². The zero-order valence-electron chi connectivity index (χ0n) is 12.0. The molecule has 1 aliphatic rings. The first-order chi connectivity index (χ1) is 8.75. The molecule has 1 rings (SSSR count). The average molecular weight is 255 g/mol. The number of nitrogens with one attached hydrogen (secondary N) is 1. The molecule has 0 aromatic heterocycles. The predicted molar refractivity (Wildman–Crippen MR) is 74.5 cm³/mol. The van der Waals surface area contributed by atoms with E-state index in [4.69, 9.17) is 4.74 Å². The van der Waals surface area contributed by atoms with Crippen LogP contribution in [0.4, 0.5) is 0 Å². The Morgan fingerprint density at radius 2 is 1.94 bits per heavy atom. The van der Waals surface area contributed by atoms with Crippen molar-refractivity contribution in [1.82, 2.24) is 5.32 Å². The van der Waals surface area contributed by atoms with Crippen molar-refractivity contribution in [2.24, 2.45) is 11.8 Å². The second-order valence-corrected chi connectivity index (χ2v) is 5.51. The molecule has 1 N–H and O–H groups in total. The smallest absolute Gasteiger partial charge is 0.309 e. The number of ether oxygens (including phenoxy) is 1. The second-order valence-electron chi connectivity index (χ2n) is 5.51. The summed E-state index contributed by atoms with van der Waals surface area (Å²) in [5, 5.41) is 3.31. The van der Waals surface area contributed by atoms with Crippen molar-refractivity contribution in [1.29, 1.82) is 0 Å². The fourth-order valence-electron chi connectivity index (χ4n) is 2.53. The molecule has 1 aliphatic heterocycles. The highest BCUT2D eigenvalue weighted by atomic mass is 16.5. The lowest BCUT2D eigenvalue weighted by molar-refractivity contribution is -0.151. The molecule has 0 radical (unpaired) electrons. The summed E-state index contributed by atoms with van der Waals surface area (Å²) in [6.07, 6.45) is 8.33. The van der Waals surface area contributed by atoms with Crippen LogP contribution in [0.15, 0.2) is 0 Å². The van der Waals surface area contributed by atoms with Crippen LogP contribution in [0.3, 0.4) is 0 Å². The summed E-state index contributed by atoms with van der Waals surface area (Å²) in [7, 11) is 0.